The Hall–Kier alpha value is -3.92. The van der Waals surface area contributed by atoms with Gasteiger partial charge in [0.1, 0.15) is 5.75 Å². The summed E-state index contributed by atoms with van der Waals surface area (Å²) in [7, 11) is -2.27. The Morgan fingerprint density at radius 2 is 1.73 bits per heavy atom. The highest BCUT2D eigenvalue weighted by Crippen LogP contribution is 2.25. The van der Waals surface area contributed by atoms with Crippen LogP contribution in [0.5, 0.6) is 11.5 Å². The van der Waals surface area contributed by atoms with Crippen molar-refractivity contribution in [3.05, 3.63) is 84.0 Å². The summed E-state index contributed by atoms with van der Waals surface area (Å²) in [6.45, 7) is 1.70. The molecule has 33 heavy (non-hydrogen) atoms. The highest BCUT2D eigenvalue weighted by Gasteiger charge is 2.16. The van der Waals surface area contributed by atoms with Crippen molar-refractivity contribution in [3.8, 4) is 23.0 Å². The summed E-state index contributed by atoms with van der Waals surface area (Å²) in [5.41, 5.74) is 1.70. The molecule has 0 fully saturated rings. The SMILES string of the molecule is COc1ccc(-c2nnc(COc3ccc(NS(=O)(=O)c4ccc(C)cc4)cc3F)o2)cc1. The molecule has 0 radical (unpaired) electrons. The van der Waals surface area contributed by atoms with Crippen LogP contribution in [0.4, 0.5) is 10.1 Å². The molecule has 10 heteroatoms. The zero-order valence-electron chi connectivity index (χ0n) is 17.8. The lowest BCUT2D eigenvalue weighted by Gasteiger charge is -2.10. The van der Waals surface area contributed by atoms with Gasteiger partial charge in [-0.2, -0.15) is 0 Å². The number of sulfonamides is 1. The standard InChI is InChI=1S/C23H20FN3O5S/c1-15-3-10-19(11-4-15)33(28,29)27-17-7-12-21(20(24)13-17)31-14-22-25-26-23(32-22)16-5-8-18(30-2)9-6-16/h3-13,27H,14H2,1-2H3. The maximum atomic E-state index is 14.5. The Balaban J connectivity index is 1.40. The second-order valence-electron chi connectivity index (χ2n) is 7.08. The van der Waals surface area contributed by atoms with Gasteiger partial charge < -0.3 is 13.9 Å². The van der Waals surface area contributed by atoms with Gasteiger partial charge in [0.25, 0.3) is 15.9 Å². The minimum Gasteiger partial charge on any atom is -0.497 e. The summed E-state index contributed by atoms with van der Waals surface area (Å²) >= 11 is 0. The highest BCUT2D eigenvalue weighted by atomic mass is 32.2. The molecule has 0 atom stereocenters. The van der Waals surface area contributed by atoms with E-state index in [0.29, 0.717) is 11.3 Å². The number of hydrogen-bond acceptors (Lipinski definition) is 7. The molecule has 3 aromatic carbocycles. The molecule has 0 aliphatic rings. The van der Waals surface area contributed by atoms with Gasteiger partial charge in [0.2, 0.25) is 5.89 Å². The predicted octanol–water partition coefficient (Wildman–Crippen LogP) is 4.57. The first-order valence-electron chi connectivity index (χ1n) is 9.83. The maximum Gasteiger partial charge on any atom is 0.261 e. The molecule has 8 nitrogen and oxygen atoms in total. The quantitative estimate of drug-likeness (QED) is 0.403. The van der Waals surface area contributed by atoms with E-state index >= 15 is 0 Å². The number of nitrogens with zero attached hydrogens (tertiary/aromatic N) is 2. The number of aryl methyl sites for hydroxylation is 1. The molecule has 4 rings (SSSR count). The van der Waals surface area contributed by atoms with Gasteiger partial charge >= 0.3 is 0 Å². The second-order valence-corrected chi connectivity index (χ2v) is 8.76. The third-order valence-corrected chi connectivity index (χ3v) is 6.07. The van der Waals surface area contributed by atoms with Gasteiger partial charge in [-0.15, -0.1) is 10.2 Å². The van der Waals surface area contributed by atoms with Crippen LogP contribution in [0.2, 0.25) is 0 Å². The lowest BCUT2D eigenvalue weighted by molar-refractivity contribution is 0.253. The van der Waals surface area contributed by atoms with Crippen LogP contribution in [0.25, 0.3) is 11.5 Å². The topological polar surface area (TPSA) is 104 Å². The van der Waals surface area contributed by atoms with E-state index in [1.165, 1.54) is 24.3 Å². The van der Waals surface area contributed by atoms with Gasteiger partial charge in [0.05, 0.1) is 17.7 Å². The largest absolute Gasteiger partial charge is 0.497 e. The van der Waals surface area contributed by atoms with E-state index in [1.54, 1.807) is 43.5 Å². The molecule has 170 valence electrons. The van der Waals surface area contributed by atoms with Gasteiger partial charge in [-0.05, 0) is 55.5 Å². The lowest BCUT2D eigenvalue weighted by atomic mass is 10.2. The molecule has 0 saturated heterocycles. The molecule has 1 N–H and O–H groups in total. The molecule has 0 aliphatic carbocycles. The van der Waals surface area contributed by atoms with E-state index in [0.717, 1.165) is 11.6 Å². The van der Waals surface area contributed by atoms with Crippen LogP contribution < -0.4 is 14.2 Å². The summed E-state index contributed by atoms with van der Waals surface area (Å²) in [6, 6.07) is 17.2. The summed E-state index contributed by atoms with van der Waals surface area (Å²) in [5, 5.41) is 7.86. The second kappa shape index (κ2) is 9.29. The van der Waals surface area contributed by atoms with Crippen molar-refractivity contribution in [1.29, 1.82) is 0 Å². The van der Waals surface area contributed by atoms with E-state index < -0.39 is 15.8 Å². The van der Waals surface area contributed by atoms with Crippen LogP contribution in [0.1, 0.15) is 11.5 Å². The van der Waals surface area contributed by atoms with Crippen molar-refractivity contribution in [3.63, 3.8) is 0 Å². The summed E-state index contributed by atoms with van der Waals surface area (Å²) in [5.74, 6) is 0.315. The fourth-order valence-corrected chi connectivity index (χ4v) is 3.96. The maximum absolute atomic E-state index is 14.5. The number of ether oxygens (including phenoxy) is 2. The summed E-state index contributed by atoms with van der Waals surface area (Å²) in [4.78, 5) is 0.0814. The molecular formula is C23H20FN3O5S. The first kappa shape index (κ1) is 22.3. The molecule has 0 saturated carbocycles. The Kier molecular flexibility index (Phi) is 6.27. The molecule has 1 aromatic heterocycles. The first-order chi connectivity index (χ1) is 15.8. The monoisotopic (exact) mass is 469 g/mol. The lowest BCUT2D eigenvalue weighted by Crippen LogP contribution is -2.13. The Labute approximate surface area is 190 Å². The van der Waals surface area contributed by atoms with Crippen molar-refractivity contribution >= 4 is 15.7 Å². The Bertz CT molecular complexity index is 1350. The molecule has 0 aliphatic heterocycles. The van der Waals surface area contributed by atoms with Crippen LogP contribution >= 0.6 is 0 Å². The average molecular weight is 469 g/mol. The van der Waals surface area contributed by atoms with Crippen molar-refractivity contribution in [2.75, 3.05) is 11.8 Å². The zero-order chi connectivity index (χ0) is 23.4. The third kappa shape index (κ3) is 5.29. The van der Waals surface area contributed by atoms with Gasteiger partial charge in [0, 0.05) is 11.6 Å². The van der Waals surface area contributed by atoms with E-state index in [9.17, 15) is 12.8 Å². The van der Waals surface area contributed by atoms with E-state index in [4.69, 9.17) is 13.9 Å². The number of rotatable bonds is 8. The van der Waals surface area contributed by atoms with Gasteiger partial charge in [-0.1, -0.05) is 17.7 Å². The fraction of sp³-hybridized carbons (Fsp3) is 0.130. The van der Waals surface area contributed by atoms with Crippen LogP contribution in [0.15, 0.2) is 76.0 Å². The smallest absolute Gasteiger partial charge is 0.261 e. The fourth-order valence-electron chi connectivity index (χ4n) is 2.91. The molecule has 0 unspecified atom stereocenters. The number of benzene rings is 3. The van der Waals surface area contributed by atoms with Gasteiger partial charge in [-0.25, -0.2) is 12.8 Å². The van der Waals surface area contributed by atoms with Crippen LogP contribution in [-0.2, 0) is 16.6 Å². The van der Waals surface area contributed by atoms with Crippen LogP contribution in [-0.4, -0.2) is 25.7 Å². The number of methoxy groups -OCH3 is 1. The van der Waals surface area contributed by atoms with Crippen LogP contribution in [0, 0.1) is 12.7 Å². The van der Waals surface area contributed by atoms with Crippen molar-refractivity contribution < 1.29 is 26.7 Å². The first-order valence-corrected chi connectivity index (χ1v) is 11.3. The Morgan fingerprint density at radius 1 is 1.00 bits per heavy atom. The minimum atomic E-state index is -3.84. The van der Waals surface area contributed by atoms with E-state index in [1.807, 2.05) is 6.92 Å². The molecule has 0 spiro atoms. The van der Waals surface area contributed by atoms with Crippen molar-refractivity contribution in [1.82, 2.24) is 10.2 Å². The highest BCUT2D eigenvalue weighted by molar-refractivity contribution is 7.92. The van der Waals surface area contributed by atoms with Crippen molar-refractivity contribution in [2.45, 2.75) is 18.4 Å². The normalized spacial score (nSPS) is 11.2. The number of nitrogens with one attached hydrogen (secondary N) is 1. The van der Waals surface area contributed by atoms with Crippen LogP contribution in [0.3, 0.4) is 0 Å². The van der Waals surface area contributed by atoms with E-state index in [-0.39, 0.29) is 34.7 Å². The summed E-state index contributed by atoms with van der Waals surface area (Å²) in [6.07, 6.45) is 0. The number of halogens is 1. The van der Waals surface area contributed by atoms with Gasteiger partial charge in [-0.3, -0.25) is 4.72 Å². The van der Waals surface area contributed by atoms with Crippen molar-refractivity contribution in [2.24, 2.45) is 0 Å². The average Bonchev–Trinajstić information content (AvgIpc) is 3.28. The number of hydrogen-bond donors (Lipinski definition) is 1. The number of anilines is 1. The van der Waals surface area contributed by atoms with E-state index in [2.05, 4.69) is 14.9 Å². The van der Waals surface area contributed by atoms with Gasteiger partial charge in [0.15, 0.2) is 18.2 Å². The Morgan fingerprint density at radius 3 is 2.39 bits per heavy atom. The third-order valence-electron chi connectivity index (χ3n) is 4.67. The molecule has 1 heterocycles. The zero-order valence-corrected chi connectivity index (χ0v) is 18.6. The predicted molar refractivity (Wildman–Crippen MR) is 119 cm³/mol. The minimum absolute atomic E-state index is 0.0695. The summed E-state index contributed by atoms with van der Waals surface area (Å²) < 4.78 is 57.9. The molecular weight excluding hydrogens is 449 g/mol. The molecule has 4 aromatic rings. The number of aromatic nitrogens is 2. The molecule has 0 bridgehead atoms. The molecule has 0 amide bonds.